The molecule has 0 aliphatic carbocycles. The third-order valence-corrected chi connectivity index (χ3v) is 13.0. The van der Waals surface area contributed by atoms with E-state index in [1.807, 2.05) is 194 Å². The third-order valence-electron chi connectivity index (χ3n) is 13.0. The fraction of sp³-hybridized carbons (Fsp3) is 0.0164. The van der Waals surface area contributed by atoms with Crippen molar-refractivity contribution in [2.24, 2.45) is 0 Å². The van der Waals surface area contributed by atoms with Crippen LogP contribution < -0.4 is 0 Å². The molecule has 0 saturated carbocycles. The first-order chi connectivity index (χ1) is 33.2. The Morgan fingerprint density at radius 1 is 0.265 bits per heavy atom. The minimum absolute atomic E-state index is 0.0881. The van der Waals surface area contributed by atoms with E-state index >= 15 is 22.0 Å². The van der Waals surface area contributed by atoms with Crippen LogP contribution in [-0.2, 0) is 6.18 Å². The van der Waals surface area contributed by atoms with Gasteiger partial charge in [-0.25, -0.2) is 8.78 Å². The zero-order valence-corrected chi connectivity index (χ0v) is 36.1. The van der Waals surface area contributed by atoms with Gasteiger partial charge in [-0.1, -0.05) is 170 Å². The first-order valence-electron chi connectivity index (χ1n) is 22.3. The van der Waals surface area contributed by atoms with Crippen molar-refractivity contribution in [1.82, 2.24) is 9.13 Å². The van der Waals surface area contributed by atoms with Crippen molar-refractivity contribution in [2.45, 2.75) is 6.18 Å². The Morgan fingerprint density at radius 2 is 0.544 bits per heavy atom. The fourth-order valence-corrected chi connectivity index (χ4v) is 9.94. The molecule has 2 nitrogen and oxygen atoms in total. The Hall–Kier alpha value is -8.55. The van der Waals surface area contributed by atoms with Crippen molar-refractivity contribution >= 4 is 43.6 Å². The largest absolute Gasteiger partial charge is 0.420 e. The van der Waals surface area contributed by atoms with Crippen LogP contribution in [0.5, 0.6) is 0 Å². The van der Waals surface area contributed by atoms with Gasteiger partial charge in [-0.2, -0.15) is 13.2 Å². The molecule has 68 heavy (non-hydrogen) atoms. The second kappa shape index (κ2) is 16.1. The molecule has 0 unspecified atom stereocenters. The molecule has 0 radical (unpaired) electrons. The molecule has 2 aromatic heterocycles. The van der Waals surface area contributed by atoms with Crippen molar-refractivity contribution in [3.05, 3.63) is 242 Å². The minimum atomic E-state index is -4.97. The summed E-state index contributed by atoms with van der Waals surface area (Å²) in [7, 11) is 0. The van der Waals surface area contributed by atoms with Crippen LogP contribution in [0.2, 0.25) is 0 Å². The lowest BCUT2D eigenvalue weighted by molar-refractivity contribution is -0.137. The Labute approximate surface area is 388 Å². The van der Waals surface area contributed by atoms with Crippen LogP contribution in [0, 0.1) is 11.6 Å². The van der Waals surface area contributed by atoms with E-state index in [1.54, 1.807) is 9.13 Å². The molecule has 326 valence electrons. The van der Waals surface area contributed by atoms with Gasteiger partial charge in [-0.3, -0.25) is 0 Å². The summed E-state index contributed by atoms with van der Waals surface area (Å²) < 4.78 is 85.0. The van der Waals surface area contributed by atoms with E-state index in [0.717, 1.165) is 72.1 Å². The summed E-state index contributed by atoms with van der Waals surface area (Å²) >= 11 is 0. The Kier molecular flexibility index (Phi) is 9.69. The topological polar surface area (TPSA) is 9.86 Å². The molecule has 12 aromatic rings. The van der Waals surface area contributed by atoms with Crippen molar-refractivity contribution in [3.8, 4) is 67.0 Å². The van der Waals surface area contributed by atoms with Crippen LogP contribution in [0.3, 0.4) is 0 Å². The summed E-state index contributed by atoms with van der Waals surface area (Å²) in [6.07, 6.45) is -4.97. The number of aromatic nitrogens is 2. The normalized spacial score (nSPS) is 11.9. The highest BCUT2D eigenvalue weighted by Crippen LogP contribution is 2.48. The third kappa shape index (κ3) is 7.02. The smallest absolute Gasteiger partial charge is 0.308 e. The second-order valence-corrected chi connectivity index (χ2v) is 17.1. The summed E-state index contributed by atoms with van der Waals surface area (Å²) in [5.41, 5.74) is 7.93. The van der Waals surface area contributed by atoms with Crippen molar-refractivity contribution in [3.63, 3.8) is 0 Å². The standard InChI is InChI=1S/C61H37F5N2/c62-48-29-46(30-49(63)37-48)47-35-58(67-54-31-42(38-13-5-1-6-14-38)21-25-50(54)51-26-22-43(32-55(51)67)39-15-7-2-8-16-39)60(61(64,65)66)59(36-47)68-56-33-44(40-17-9-3-10-18-40)23-27-52(56)53-28-24-45(34-57(53)68)41-19-11-4-12-20-41/h1-37H. The second-order valence-electron chi connectivity index (χ2n) is 17.1. The van der Waals surface area contributed by atoms with Gasteiger partial charge in [0.2, 0.25) is 0 Å². The molecule has 10 aromatic carbocycles. The van der Waals surface area contributed by atoms with E-state index < -0.39 is 23.4 Å². The van der Waals surface area contributed by atoms with E-state index in [-0.39, 0.29) is 22.5 Å². The van der Waals surface area contributed by atoms with Crippen molar-refractivity contribution in [2.75, 3.05) is 0 Å². The molecule has 0 fully saturated rings. The number of hydrogen-bond donors (Lipinski definition) is 0. The number of alkyl halides is 3. The number of benzene rings is 10. The summed E-state index contributed by atoms with van der Waals surface area (Å²) in [6, 6.07) is 68.3. The molecule has 0 spiro atoms. The number of fused-ring (bicyclic) bond motifs is 6. The van der Waals surface area contributed by atoms with Gasteiger partial charge in [-0.05, 0) is 104 Å². The first-order valence-corrected chi connectivity index (χ1v) is 22.3. The van der Waals surface area contributed by atoms with Crippen LogP contribution >= 0.6 is 0 Å². The molecule has 0 bridgehead atoms. The molecular weight excluding hydrogens is 856 g/mol. The summed E-state index contributed by atoms with van der Waals surface area (Å²) in [4.78, 5) is 0. The number of halogens is 5. The highest BCUT2D eigenvalue weighted by Gasteiger charge is 2.40. The lowest BCUT2D eigenvalue weighted by Crippen LogP contribution is -2.16. The molecular formula is C61H37F5N2. The Morgan fingerprint density at radius 3 is 0.824 bits per heavy atom. The fourth-order valence-electron chi connectivity index (χ4n) is 9.94. The Bertz CT molecular complexity index is 3460. The summed E-state index contributed by atoms with van der Waals surface area (Å²) in [5.74, 6) is -1.70. The predicted molar refractivity (Wildman–Crippen MR) is 267 cm³/mol. The van der Waals surface area contributed by atoms with E-state index in [4.69, 9.17) is 0 Å². The molecule has 0 amide bonds. The SMILES string of the molecule is Fc1cc(F)cc(-c2cc(-n3c4cc(-c5ccccc5)ccc4c4ccc(-c5ccccc5)cc43)c(C(F)(F)F)c(-n3c4cc(-c5ccccc5)ccc4c4ccc(-c5ccccc5)cc43)c2)c1. The molecule has 7 heteroatoms. The monoisotopic (exact) mass is 892 g/mol. The van der Waals surface area contributed by atoms with Crippen LogP contribution in [0.4, 0.5) is 22.0 Å². The molecule has 0 aliphatic rings. The van der Waals surface area contributed by atoms with Crippen molar-refractivity contribution in [1.29, 1.82) is 0 Å². The lowest BCUT2D eigenvalue weighted by atomic mass is 9.98. The van der Waals surface area contributed by atoms with Gasteiger partial charge in [0.15, 0.2) is 0 Å². The average molecular weight is 893 g/mol. The van der Waals surface area contributed by atoms with Crippen LogP contribution in [0.15, 0.2) is 224 Å². The van der Waals surface area contributed by atoms with E-state index in [2.05, 4.69) is 0 Å². The highest BCUT2D eigenvalue weighted by atomic mass is 19.4. The molecule has 0 atom stereocenters. The van der Waals surface area contributed by atoms with Gasteiger partial charge < -0.3 is 9.13 Å². The average Bonchev–Trinajstić information content (AvgIpc) is 3.87. The van der Waals surface area contributed by atoms with E-state index in [9.17, 15) is 0 Å². The van der Waals surface area contributed by atoms with E-state index in [1.165, 1.54) is 24.3 Å². The van der Waals surface area contributed by atoms with E-state index in [0.29, 0.717) is 22.1 Å². The van der Waals surface area contributed by atoms with Gasteiger partial charge in [0.25, 0.3) is 0 Å². The predicted octanol–water partition coefficient (Wildman–Crippen LogP) is 17.5. The van der Waals surface area contributed by atoms with Gasteiger partial charge in [-0.15, -0.1) is 0 Å². The molecule has 0 N–H and O–H groups in total. The highest BCUT2D eigenvalue weighted by molar-refractivity contribution is 6.13. The van der Waals surface area contributed by atoms with Crippen molar-refractivity contribution < 1.29 is 22.0 Å². The maximum atomic E-state index is 17.0. The van der Waals surface area contributed by atoms with Crippen LogP contribution in [0.25, 0.3) is 111 Å². The maximum absolute atomic E-state index is 17.0. The lowest BCUT2D eigenvalue weighted by Gasteiger charge is -2.23. The molecule has 2 heterocycles. The first kappa shape index (κ1) is 40.9. The molecule has 0 aliphatic heterocycles. The maximum Gasteiger partial charge on any atom is 0.420 e. The number of hydrogen-bond acceptors (Lipinski definition) is 0. The van der Waals surface area contributed by atoms with Gasteiger partial charge in [0, 0.05) is 27.6 Å². The minimum Gasteiger partial charge on any atom is -0.308 e. The summed E-state index contributed by atoms with van der Waals surface area (Å²) in [5, 5.41) is 2.97. The number of nitrogens with zero attached hydrogens (tertiary/aromatic N) is 2. The zero-order valence-electron chi connectivity index (χ0n) is 36.1. The van der Waals surface area contributed by atoms with Gasteiger partial charge in [0.05, 0.1) is 33.4 Å². The molecule has 0 saturated heterocycles. The Balaban J connectivity index is 1.27. The quantitative estimate of drug-likeness (QED) is 0.141. The summed E-state index contributed by atoms with van der Waals surface area (Å²) in [6.45, 7) is 0. The van der Waals surface area contributed by atoms with Gasteiger partial charge in [0.1, 0.15) is 17.2 Å². The van der Waals surface area contributed by atoms with Gasteiger partial charge >= 0.3 is 6.18 Å². The zero-order chi connectivity index (χ0) is 46.1. The van der Waals surface area contributed by atoms with Crippen LogP contribution in [0.1, 0.15) is 5.56 Å². The number of rotatable bonds is 7. The molecule has 12 rings (SSSR count). The van der Waals surface area contributed by atoms with Crippen LogP contribution in [-0.4, -0.2) is 9.13 Å².